The van der Waals surface area contributed by atoms with E-state index in [0.717, 1.165) is 19.3 Å². The number of hydrogen-bond donors (Lipinski definition) is 3. The van der Waals surface area contributed by atoms with Gasteiger partial charge in [-0.25, -0.2) is 0 Å². The van der Waals surface area contributed by atoms with Crippen LogP contribution >= 0.6 is 0 Å². The lowest BCUT2D eigenvalue weighted by atomic mass is 9.90. The molecule has 0 bridgehead atoms. The molecule has 0 radical (unpaired) electrons. The molecule has 3 atom stereocenters. The lowest BCUT2D eigenvalue weighted by Crippen LogP contribution is -2.44. The van der Waals surface area contributed by atoms with Crippen LogP contribution in [0.15, 0.2) is 0 Å². The van der Waals surface area contributed by atoms with Crippen LogP contribution in [0.1, 0.15) is 19.3 Å². The van der Waals surface area contributed by atoms with Crippen molar-refractivity contribution in [1.82, 2.24) is 0 Å². The Bertz CT molecular complexity index is 97.1. The Hall–Kier alpha value is -0.120. The van der Waals surface area contributed by atoms with Crippen molar-refractivity contribution in [3.63, 3.8) is 0 Å². The SMILES string of the molecule is N[C@H]1CC[C@@H](O)[C@@H](N)C1. The van der Waals surface area contributed by atoms with Gasteiger partial charge in [-0.3, -0.25) is 0 Å². The number of aliphatic hydroxyl groups is 1. The summed E-state index contributed by atoms with van der Waals surface area (Å²) in [5.41, 5.74) is 11.1. The summed E-state index contributed by atoms with van der Waals surface area (Å²) in [5, 5.41) is 9.11. The molecule has 0 spiro atoms. The molecule has 1 rings (SSSR count). The molecule has 0 heterocycles. The summed E-state index contributed by atoms with van der Waals surface area (Å²) in [6.07, 6.45) is 2.13. The molecule has 0 aromatic heterocycles. The van der Waals surface area contributed by atoms with E-state index in [1.807, 2.05) is 0 Å². The lowest BCUT2D eigenvalue weighted by molar-refractivity contribution is 0.101. The van der Waals surface area contributed by atoms with Gasteiger partial charge in [0.25, 0.3) is 0 Å². The highest BCUT2D eigenvalue weighted by Crippen LogP contribution is 2.15. The van der Waals surface area contributed by atoms with Crippen LogP contribution in [0.4, 0.5) is 0 Å². The third-order valence-corrected chi connectivity index (χ3v) is 1.90. The molecule has 1 aliphatic carbocycles. The minimum Gasteiger partial charge on any atom is -0.392 e. The second kappa shape index (κ2) is 2.64. The first kappa shape index (κ1) is 6.99. The first-order valence-electron chi connectivity index (χ1n) is 3.39. The van der Waals surface area contributed by atoms with Gasteiger partial charge in [0.05, 0.1) is 6.10 Å². The Balaban J connectivity index is 2.35. The van der Waals surface area contributed by atoms with Crippen LogP contribution in [0.2, 0.25) is 0 Å². The van der Waals surface area contributed by atoms with Gasteiger partial charge >= 0.3 is 0 Å². The van der Waals surface area contributed by atoms with Gasteiger partial charge in [-0.2, -0.15) is 0 Å². The second-order valence-electron chi connectivity index (χ2n) is 2.80. The largest absolute Gasteiger partial charge is 0.392 e. The Morgan fingerprint density at radius 2 is 1.89 bits per heavy atom. The summed E-state index contributed by atoms with van der Waals surface area (Å²) in [5.74, 6) is 0. The summed E-state index contributed by atoms with van der Waals surface area (Å²) in [6, 6.07) is 0.122. The Morgan fingerprint density at radius 1 is 1.22 bits per heavy atom. The smallest absolute Gasteiger partial charge is 0.0692 e. The average Bonchev–Trinajstić information content (AvgIpc) is 1.80. The molecule has 0 amide bonds. The predicted molar refractivity (Wildman–Crippen MR) is 35.8 cm³/mol. The van der Waals surface area contributed by atoms with Crippen molar-refractivity contribution in [2.45, 2.75) is 37.5 Å². The van der Waals surface area contributed by atoms with Crippen molar-refractivity contribution in [2.75, 3.05) is 0 Å². The maximum atomic E-state index is 9.11. The van der Waals surface area contributed by atoms with Gasteiger partial charge < -0.3 is 16.6 Å². The van der Waals surface area contributed by atoms with Crippen LogP contribution < -0.4 is 11.5 Å². The lowest BCUT2D eigenvalue weighted by Gasteiger charge is -2.28. The fourth-order valence-electron chi connectivity index (χ4n) is 1.22. The topological polar surface area (TPSA) is 72.3 Å². The molecule has 0 aliphatic heterocycles. The van der Waals surface area contributed by atoms with Gasteiger partial charge in [0.1, 0.15) is 0 Å². The number of rotatable bonds is 0. The van der Waals surface area contributed by atoms with Crippen molar-refractivity contribution in [3.05, 3.63) is 0 Å². The van der Waals surface area contributed by atoms with Gasteiger partial charge in [0, 0.05) is 12.1 Å². The normalized spacial score (nSPS) is 45.0. The van der Waals surface area contributed by atoms with Gasteiger partial charge in [0.2, 0.25) is 0 Å². The highest BCUT2D eigenvalue weighted by Gasteiger charge is 2.23. The monoisotopic (exact) mass is 130 g/mol. The zero-order valence-corrected chi connectivity index (χ0v) is 5.46. The molecule has 0 aromatic rings. The zero-order chi connectivity index (χ0) is 6.85. The van der Waals surface area contributed by atoms with E-state index in [1.165, 1.54) is 0 Å². The highest BCUT2D eigenvalue weighted by atomic mass is 16.3. The average molecular weight is 130 g/mol. The molecule has 3 nitrogen and oxygen atoms in total. The van der Waals surface area contributed by atoms with Crippen molar-refractivity contribution >= 4 is 0 Å². The molecule has 0 aromatic carbocycles. The summed E-state index contributed by atoms with van der Waals surface area (Å²) >= 11 is 0. The van der Waals surface area contributed by atoms with Crippen LogP contribution in [0.3, 0.4) is 0 Å². The molecular weight excluding hydrogens is 116 g/mol. The first-order chi connectivity index (χ1) is 4.20. The Kier molecular flexibility index (Phi) is 2.05. The minimum absolute atomic E-state index is 0.0891. The predicted octanol–water partition coefficient (Wildman–Crippen LogP) is -0.814. The molecule has 54 valence electrons. The van der Waals surface area contributed by atoms with E-state index in [2.05, 4.69) is 0 Å². The Morgan fingerprint density at radius 3 is 2.33 bits per heavy atom. The van der Waals surface area contributed by atoms with E-state index >= 15 is 0 Å². The molecule has 1 saturated carbocycles. The first-order valence-corrected chi connectivity index (χ1v) is 3.39. The van der Waals surface area contributed by atoms with Crippen LogP contribution in [0, 0.1) is 0 Å². The Labute approximate surface area is 55.0 Å². The number of aliphatic hydroxyl groups excluding tert-OH is 1. The van der Waals surface area contributed by atoms with Gasteiger partial charge in [-0.15, -0.1) is 0 Å². The van der Waals surface area contributed by atoms with Crippen molar-refractivity contribution in [3.8, 4) is 0 Å². The van der Waals surface area contributed by atoms with Gasteiger partial charge in [-0.1, -0.05) is 0 Å². The van der Waals surface area contributed by atoms with Crippen LogP contribution in [0.5, 0.6) is 0 Å². The summed E-state index contributed by atoms with van der Waals surface area (Å²) < 4.78 is 0. The molecule has 0 unspecified atom stereocenters. The molecule has 5 N–H and O–H groups in total. The van der Waals surface area contributed by atoms with E-state index in [0.29, 0.717) is 0 Å². The van der Waals surface area contributed by atoms with Crippen molar-refractivity contribution in [2.24, 2.45) is 11.5 Å². The second-order valence-corrected chi connectivity index (χ2v) is 2.80. The van der Waals surface area contributed by atoms with E-state index < -0.39 is 0 Å². The van der Waals surface area contributed by atoms with E-state index in [-0.39, 0.29) is 18.2 Å². The van der Waals surface area contributed by atoms with Gasteiger partial charge in [-0.05, 0) is 19.3 Å². The fraction of sp³-hybridized carbons (Fsp3) is 1.00. The van der Waals surface area contributed by atoms with Crippen molar-refractivity contribution < 1.29 is 5.11 Å². The summed E-state index contributed by atoms with van der Waals surface area (Å²) in [4.78, 5) is 0. The summed E-state index contributed by atoms with van der Waals surface area (Å²) in [6.45, 7) is 0. The maximum absolute atomic E-state index is 9.11. The molecule has 9 heavy (non-hydrogen) atoms. The molecule has 1 fully saturated rings. The molecular formula is C6H14N2O. The molecule has 0 saturated heterocycles. The highest BCUT2D eigenvalue weighted by molar-refractivity contribution is 4.83. The fourth-order valence-corrected chi connectivity index (χ4v) is 1.22. The van der Waals surface area contributed by atoms with Crippen molar-refractivity contribution in [1.29, 1.82) is 0 Å². The van der Waals surface area contributed by atoms with Crippen LogP contribution in [-0.4, -0.2) is 23.3 Å². The van der Waals surface area contributed by atoms with E-state index in [9.17, 15) is 0 Å². The third-order valence-electron chi connectivity index (χ3n) is 1.90. The molecule has 3 heteroatoms. The minimum atomic E-state index is -0.315. The number of nitrogens with two attached hydrogens (primary N) is 2. The van der Waals surface area contributed by atoms with E-state index in [4.69, 9.17) is 16.6 Å². The third kappa shape index (κ3) is 1.64. The zero-order valence-electron chi connectivity index (χ0n) is 5.46. The van der Waals surface area contributed by atoms with Gasteiger partial charge in [0.15, 0.2) is 0 Å². The van der Waals surface area contributed by atoms with Crippen LogP contribution in [-0.2, 0) is 0 Å². The molecule has 1 aliphatic rings. The van der Waals surface area contributed by atoms with Crippen LogP contribution in [0.25, 0.3) is 0 Å². The summed E-state index contributed by atoms with van der Waals surface area (Å²) in [7, 11) is 0. The quantitative estimate of drug-likeness (QED) is 0.401. The standard InChI is InChI=1S/C6H14N2O/c7-4-1-2-6(9)5(8)3-4/h4-6,9H,1-3,7-8H2/t4-,5-,6+/m0/s1. The number of hydrogen-bond acceptors (Lipinski definition) is 3. The maximum Gasteiger partial charge on any atom is 0.0692 e. The van der Waals surface area contributed by atoms with E-state index in [1.54, 1.807) is 0 Å².